The van der Waals surface area contributed by atoms with Crippen molar-refractivity contribution >= 4 is 22.4 Å². The van der Waals surface area contributed by atoms with Crippen LogP contribution in [0.4, 0.5) is 9.80 Å². The highest BCUT2D eigenvalue weighted by molar-refractivity contribution is 7.14. The molecule has 0 aliphatic heterocycles. The Morgan fingerprint density at radius 2 is 2.19 bits per heavy atom. The van der Waals surface area contributed by atoms with Crippen LogP contribution in [0, 0.1) is 5.92 Å². The molecule has 0 aromatic carbocycles. The zero-order valence-electron chi connectivity index (χ0n) is 10.2. The molecule has 1 atom stereocenters. The van der Waals surface area contributed by atoms with Crippen molar-refractivity contribution in [3.63, 3.8) is 0 Å². The Bertz CT molecular complexity index is 347. The summed E-state index contributed by atoms with van der Waals surface area (Å²) in [6.45, 7) is 8.72. The fourth-order valence-electron chi connectivity index (χ4n) is 1.40. The summed E-state index contributed by atoms with van der Waals surface area (Å²) < 4.78 is 4.87. The molecule has 1 amide bonds. The molecule has 0 spiro atoms. The predicted octanol–water partition coefficient (Wildman–Crippen LogP) is 4.08. The average Bonchev–Trinajstić information content (AvgIpc) is 2.64. The number of ether oxygens (including phenoxy) is 1. The number of hydrogen-bond acceptors (Lipinski definition) is 3. The molecule has 1 aromatic rings. The molecule has 16 heavy (non-hydrogen) atoms. The van der Waals surface area contributed by atoms with Crippen molar-refractivity contribution in [2.24, 2.45) is 5.92 Å². The third-order valence-electron chi connectivity index (χ3n) is 2.68. The highest BCUT2D eigenvalue weighted by atomic mass is 32.1. The van der Waals surface area contributed by atoms with Gasteiger partial charge in [-0.2, -0.15) is 0 Å². The van der Waals surface area contributed by atoms with E-state index in [9.17, 15) is 4.79 Å². The summed E-state index contributed by atoms with van der Waals surface area (Å²) in [6, 6.07) is 2.07. The fraction of sp³-hybridized carbons (Fsp3) is 0.583. The summed E-state index contributed by atoms with van der Waals surface area (Å²) in [6.07, 6.45) is -0.373. The van der Waals surface area contributed by atoms with Gasteiger partial charge in [-0.05, 0) is 35.8 Å². The van der Waals surface area contributed by atoms with Crippen molar-refractivity contribution in [2.75, 3.05) is 11.9 Å². The number of carbonyl (C=O) groups excluding carboxylic acids is 1. The Morgan fingerprint density at radius 1 is 1.50 bits per heavy atom. The first kappa shape index (κ1) is 13.0. The van der Waals surface area contributed by atoms with Crippen LogP contribution >= 0.6 is 11.3 Å². The van der Waals surface area contributed by atoms with Gasteiger partial charge in [0.25, 0.3) is 0 Å². The van der Waals surface area contributed by atoms with Crippen molar-refractivity contribution < 1.29 is 9.53 Å². The quantitative estimate of drug-likeness (QED) is 0.862. The molecule has 0 bridgehead atoms. The SMILES string of the molecule is CCOC(=O)Nc1sccc1C(C)C(C)C. The number of amides is 1. The van der Waals surface area contributed by atoms with Gasteiger partial charge < -0.3 is 4.74 Å². The Labute approximate surface area is 101 Å². The van der Waals surface area contributed by atoms with Crippen LogP contribution in [0.1, 0.15) is 39.2 Å². The van der Waals surface area contributed by atoms with Gasteiger partial charge in [0.1, 0.15) is 5.00 Å². The molecule has 1 heterocycles. The van der Waals surface area contributed by atoms with E-state index < -0.39 is 0 Å². The maximum Gasteiger partial charge on any atom is 0.412 e. The fourth-order valence-corrected chi connectivity index (χ4v) is 2.28. The van der Waals surface area contributed by atoms with Crippen LogP contribution in [-0.2, 0) is 4.74 Å². The molecular formula is C12H19NO2S. The maximum atomic E-state index is 11.3. The van der Waals surface area contributed by atoms with Crippen LogP contribution in [0.3, 0.4) is 0 Å². The summed E-state index contributed by atoms with van der Waals surface area (Å²) >= 11 is 1.54. The van der Waals surface area contributed by atoms with Gasteiger partial charge in [-0.1, -0.05) is 20.8 Å². The third kappa shape index (κ3) is 3.23. The van der Waals surface area contributed by atoms with Gasteiger partial charge in [-0.3, -0.25) is 5.32 Å². The Hall–Kier alpha value is -1.03. The number of nitrogens with one attached hydrogen (secondary N) is 1. The number of thiophene rings is 1. The van der Waals surface area contributed by atoms with E-state index in [2.05, 4.69) is 32.2 Å². The summed E-state index contributed by atoms with van der Waals surface area (Å²) in [5.41, 5.74) is 1.19. The maximum absolute atomic E-state index is 11.3. The molecule has 0 aliphatic carbocycles. The molecule has 1 unspecified atom stereocenters. The first-order chi connectivity index (χ1) is 7.56. The second kappa shape index (κ2) is 5.89. The number of anilines is 1. The monoisotopic (exact) mass is 241 g/mol. The first-order valence-corrected chi connectivity index (χ1v) is 6.45. The third-order valence-corrected chi connectivity index (χ3v) is 3.52. The van der Waals surface area contributed by atoms with Crippen molar-refractivity contribution in [3.05, 3.63) is 17.0 Å². The number of rotatable bonds is 4. The van der Waals surface area contributed by atoms with Gasteiger partial charge in [-0.25, -0.2) is 4.79 Å². The van der Waals surface area contributed by atoms with Gasteiger partial charge in [0.2, 0.25) is 0 Å². The lowest BCUT2D eigenvalue weighted by Crippen LogP contribution is -2.14. The Balaban J connectivity index is 2.74. The van der Waals surface area contributed by atoms with Crippen LogP contribution in [-0.4, -0.2) is 12.7 Å². The molecule has 90 valence electrons. The number of carbonyl (C=O) groups is 1. The van der Waals surface area contributed by atoms with E-state index in [1.165, 1.54) is 16.9 Å². The second-order valence-corrected chi connectivity index (χ2v) is 5.00. The minimum absolute atomic E-state index is 0.373. The standard InChI is InChI=1S/C12H19NO2S/c1-5-15-12(14)13-11-10(6-7-16-11)9(4)8(2)3/h6-9H,5H2,1-4H3,(H,13,14). The molecule has 1 aromatic heterocycles. The Kier molecular flexibility index (Phi) is 4.80. The molecule has 0 saturated heterocycles. The zero-order chi connectivity index (χ0) is 12.1. The molecule has 0 fully saturated rings. The molecule has 0 saturated carbocycles. The molecule has 1 N–H and O–H groups in total. The average molecular weight is 241 g/mol. The van der Waals surface area contributed by atoms with Gasteiger partial charge in [0.15, 0.2) is 0 Å². The first-order valence-electron chi connectivity index (χ1n) is 5.57. The smallest absolute Gasteiger partial charge is 0.412 e. The van der Waals surface area contributed by atoms with E-state index in [0.717, 1.165) is 5.00 Å². The van der Waals surface area contributed by atoms with Gasteiger partial charge in [-0.15, -0.1) is 11.3 Å². The van der Waals surface area contributed by atoms with Crippen LogP contribution in [0.5, 0.6) is 0 Å². The summed E-state index contributed by atoms with van der Waals surface area (Å²) in [5, 5.41) is 5.68. The summed E-state index contributed by atoms with van der Waals surface area (Å²) in [7, 11) is 0. The minimum Gasteiger partial charge on any atom is -0.450 e. The molecule has 0 radical (unpaired) electrons. The van der Waals surface area contributed by atoms with E-state index in [1.54, 1.807) is 6.92 Å². The van der Waals surface area contributed by atoms with Crippen molar-refractivity contribution in [1.82, 2.24) is 0 Å². The Morgan fingerprint density at radius 3 is 2.75 bits per heavy atom. The topological polar surface area (TPSA) is 38.3 Å². The van der Waals surface area contributed by atoms with Crippen LogP contribution < -0.4 is 5.32 Å². The lowest BCUT2D eigenvalue weighted by molar-refractivity contribution is 0.168. The van der Waals surface area contributed by atoms with Crippen LogP contribution in [0.15, 0.2) is 11.4 Å². The van der Waals surface area contributed by atoms with E-state index in [0.29, 0.717) is 18.4 Å². The van der Waals surface area contributed by atoms with Crippen molar-refractivity contribution in [2.45, 2.75) is 33.6 Å². The lowest BCUT2D eigenvalue weighted by Gasteiger charge is -2.16. The molecule has 3 nitrogen and oxygen atoms in total. The van der Waals surface area contributed by atoms with E-state index in [4.69, 9.17) is 4.74 Å². The van der Waals surface area contributed by atoms with Crippen LogP contribution in [0.2, 0.25) is 0 Å². The van der Waals surface area contributed by atoms with Gasteiger partial charge in [0.05, 0.1) is 6.61 Å². The van der Waals surface area contributed by atoms with Crippen molar-refractivity contribution in [1.29, 1.82) is 0 Å². The highest BCUT2D eigenvalue weighted by Gasteiger charge is 2.16. The molecule has 1 rings (SSSR count). The molecular weight excluding hydrogens is 222 g/mol. The second-order valence-electron chi connectivity index (χ2n) is 4.08. The normalized spacial score (nSPS) is 12.6. The van der Waals surface area contributed by atoms with Gasteiger partial charge in [0, 0.05) is 0 Å². The summed E-state index contributed by atoms with van der Waals surface area (Å²) in [4.78, 5) is 11.3. The van der Waals surface area contributed by atoms with E-state index in [-0.39, 0.29) is 6.09 Å². The minimum atomic E-state index is -0.373. The van der Waals surface area contributed by atoms with Crippen LogP contribution in [0.25, 0.3) is 0 Å². The largest absolute Gasteiger partial charge is 0.450 e. The number of hydrogen-bond donors (Lipinski definition) is 1. The molecule has 4 heteroatoms. The summed E-state index contributed by atoms with van der Waals surface area (Å²) in [5.74, 6) is 0.987. The van der Waals surface area contributed by atoms with Gasteiger partial charge >= 0.3 is 6.09 Å². The highest BCUT2D eigenvalue weighted by Crippen LogP contribution is 2.34. The zero-order valence-corrected chi connectivity index (χ0v) is 11.1. The molecule has 0 aliphatic rings. The van der Waals surface area contributed by atoms with E-state index in [1.807, 2.05) is 5.38 Å². The van der Waals surface area contributed by atoms with Crippen molar-refractivity contribution in [3.8, 4) is 0 Å². The lowest BCUT2D eigenvalue weighted by atomic mass is 9.92. The predicted molar refractivity (Wildman–Crippen MR) is 68.2 cm³/mol. The van der Waals surface area contributed by atoms with E-state index >= 15 is 0 Å².